The number of aryl methyl sites for hydroxylation is 2. The number of carbonyl (C=O) groups is 1. The maximum Gasteiger partial charge on any atom is 0.227 e. The van der Waals surface area contributed by atoms with Crippen molar-refractivity contribution in [2.45, 2.75) is 20.3 Å². The summed E-state index contributed by atoms with van der Waals surface area (Å²) in [6, 6.07) is 3.90. The van der Waals surface area contributed by atoms with Crippen LogP contribution in [0.15, 0.2) is 24.8 Å². The molecule has 3 heteroatoms. The van der Waals surface area contributed by atoms with Crippen LogP contribution < -0.4 is 4.90 Å². The van der Waals surface area contributed by atoms with E-state index in [1.54, 1.807) is 4.90 Å². The first-order valence-electron chi connectivity index (χ1n) is 5.72. The van der Waals surface area contributed by atoms with Crippen LogP contribution in [0.25, 0.3) is 0 Å². The Morgan fingerprint density at radius 1 is 1.41 bits per heavy atom. The normalized spacial score (nSPS) is 19.8. The summed E-state index contributed by atoms with van der Waals surface area (Å²) in [4.78, 5) is 13.7. The number of amides is 1. The van der Waals surface area contributed by atoms with Crippen molar-refractivity contribution in [3.8, 4) is 0 Å². The molecular weight excluding hydrogens is 234 g/mol. The van der Waals surface area contributed by atoms with Gasteiger partial charge in [-0.25, -0.2) is 0 Å². The van der Waals surface area contributed by atoms with Crippen LogP contribution in [0.2, 0.25) is 5.02 Å². The lowest BCUT2D eigenvalue weighted by Crippen LogP contribution is -2.24. The van der Waals surface area contributed by atoms with Crippen LogP contribution in [-0.4, -0.2) is 12.5 Å². The van der Waals surface area contributed by atoms with Gasteiger partial charge in [-0.05, 0) is 37.1 Å². The van der Waals surface area contributed by atoms with Crippen molar-refractivity contribution in [3.05, 3.63) is 40.9 Å². The summed E-state index contributed by atoms with van der Waals surface area (Å²) in [7, 11) is 0. The molecule has 1 atom stereocenters. The third-order valence-electron chi connectivity index (χ3n) is 3.34. The second-order valence-electron chi connectivity index (χ2n) is 4.59. The highest BCUT2D eigenvalue weighted by Crippen LogP contribution is 2.33. The minimum absolute atomic E-state index is 0.125. The largest absolute Gasteiger partial charge is 0.310 e. The molecule has 0 spiro atoms. The number of hydrogen-bond acceptors (Lipinski definition) is 1. The lowest BCUT2D eigenvalue weighted by molar-refractivity contribution is -0.117. The Hall–Kier alpha value is -1.28. The van der Waals surface area contributed by atoms with E-state index in [2.05, 4.69) is 6.58 Å². The van der Waals surface area contributed by atoms with E-state index in [4.69, 9.17) is 11.6 Å². The van der Waals surface area contributed by atoms with Crippen molar-refractivity contribution in [2.75, 3.05) is 11.4 Å². The quantitative estimate of drug-likeness (QED) is 0.735. The molecule has 1 aromatic carbocycles. The fourth-order valence-corrected chi connectivity index (χ4v) is 2.42. The van der Waals surface area contributed by atoms with Crippen LogP contribution in [-0.2, 0) is 4.79 Å². The molecule has 0 N–H and O–H groups in total. The summed E-state index contributed by atoms with van der Waals surface area (Å²) in [6.45, 7) is 8.48. The van der Waals surface area contributed by atoms with Gasteiger partial charge in [0.05, 0.1) is 10.7 Å². The van der Waals surface area contributed by atoms with Crippen molar-refractivity contribution in [3.63, 3.8) is 0 Å². The number of carbonyl (C=O) groups excluding carboxylic acids is 1. The minimum atomic E-state index is 0.125. The molecule has 0 radical (unpaired) electrons. The second kappa shape index (κ2) is 4.53. The molecule has 17 heavy (non-hydrogen) atoms. The van der Waals surface area contributed by atoms with Gasteiger partial charge in [0.1, 0.15) is 0 Å². The van der Waals surface area contributed by atoms with Crippen LogP contribution in [0, 0.1) is 19.8 Å². The van der Waals surface area contributed by atoms with Crippen LogP contribution in [0.3, 0.4) is 0 Å². The molecule has 0 bridgehead atoms. The van der Waals surface area contributed by atoms with E-state index in [0.717, 1.165) is 16.8 Å². The molecule has 1 amide bonds. The second-order valence-corrected chi connectivity index (χ2v) is 5.00. The molecule has 0 saturated carbocycles. The van der Waals surface area contributed by atoms with Gasteiger partial charge in [0.2, 0.25) is 5.91 Å². The Balaban J connectivity index is 2.38. The van der Waals surface area contributed by atoms with Gasteiger partial charge in [0, 0.05) is 18.9 Å². The Labute approximate surface area is 107 Å². The van der Waals surface area contributed by atoms with Crippen molar-refractivity contribution < 1.29 is 4.79 Å². The fraction of sp³-hybridized carbons (Fsp3) is 0.357. The molecule has 0 aromatic heterocycles. The maximum atomic E-state index is 11.9. The molecule has 1 saturated heterocycles. The first-order valence-corrected chi connectivity index (χ1v) is 6.10. The van der Waals surface area contributed by atoms with E-state index in [9.17, 15) is 4.79 Å². The maximum absolute atomic E-state index is 11.9. The third-order valence-corrected chi connectivity index (χ3v) is 3.64. The predicted octanol–water partition coefficient (Wildman–Crippen LogP) is 3.50. The number of rotatable bonds is 2. The van der Waals surface area contributed by atoms with Gasteiger partial charge in [-0.2, -0.15) is 0 Å². The Morgan fingerprint density at radius 2 is 2.06 bits per heavy atom. The zero-order valence-electron chi connectivity index (χ0n) is 10.2. The van der Waals surface area contributed by atoms with Crippen molar-refractivity contribution in [1.29, 1.82) is 0 Å². The zero-order chi connectivity index (χ0) is 12.6. The van der Waals surface area contributed by atoms with E-state index in [-0.39, 0.29) is 11.8 Å². The summed E-state index contributed by atoms with van der Waals surface area (Å²) in [5, 5.41) is 0.645. The number of anilines is 1. The first kappa shape index (κ1) is 12.2. The van der Waals surface area contributed by atoms with Gasteiger partial charge >= 0.3 is 0 Å². The van der Waals surface area contributed by atoms with Gasteiger partial charge in [0.15, 0.2) is 0 Å². The predicted molar refractivity (Wildman–Crippen MR) is 71.6 cm³/mol. The standard InChI is InChI=1S/C14H16ClNO/c1-4-11-7-14(17)16(8-11)13-6-10(3)9(2)5-12(13)15/h4-6,11H,1,7-8H2,2-3H3. The highest BCUT2D eigenvalue weighted by Gasteiger charge is 2.30. The van der Waals surface area contributed by atoms with Crippen LogP contribution in [0.4, 0.5) is 5.69 Å². The van der Waals surface area contributed by atoms with Crippen molar-refractivity contribution >= 4 is 23.2 Å². The number of hydrogen-bond donors (Lipinski definition) is 0. The van der Waals surface area contributed by atoms with E-state index < -0.39 is 0 Å². The highest BCUT2D eigenvalue weighted by atomic mass is 35.5. The summed E-state index contributed by atoms with van der Waals surface area (Å²) in [5.41, 5.74) is 3.12. The van der Waals surface area contributed by atoms with Gasteiger partial charge in [-0.15, -0.1) is 6.58 Å². The topological polar surface area (TPSA) is 20.3 Å². The molecule has 1 aliphatic heterocycles. The highest BCUT2D eigenvalue weighted by molar-refractivity contribution is 6.34. The number of benzene rings is 1. The van der Waals surface area contributed by atoms with Gasteiger partial charge in [-0.1, -0.05) is 17.7 Å². The Bertz CT molecular complexity index is 481. The SMILES string of the molecule is C=CC1CC(=O)N(c2cc(C)c(C)cc2Cl)C1. The minimum Gasteiger partial charge on any atom is -0.310 e. The monoisotopic (exact) mass is 249 g/mol. The average molecular weight is 250 g/mol. The third kappa shape index (κ3) is 2.22. The molecular formula is C14H16ClNO. The summed E-state index contributed by atoms with van der Waals surface area (Å²) < 4.78 is 0. The van der Waals surface area contributed by atoms with E-state index in [0.29, 0.717) is 18.0 Å². The molecule has 0 aliphatic carbocycles. The smallest absolute Gasteiger partial charge is 0.227 e. The fourth-order valence-electron chi connectivity index (χ4n) is 2.10. The summed E-state index contributed by atoms with van der Waals surface area (Å²) >= 11 is 6.22. The first-order chi connectivity index (χ1) is 8.02. The average Bonchev–Trinajstić information content (AvgIpc) is 2.65. The molecule has 1 aromatic rings. The van der Waals surface area contributed by atoms with Gasteiger partial charge in [0.25, 0.3) is 0 Å². The summed E-state index contributed by atoms with van der Waals surface area (Å²) in [6.07, 6.45) is 2.37. The van der Waals surface area contributed by atoms with Crippen molar-refractivity contribution in [2.24, 2.45) is 5.92 Å². The lowest BCUT2D eigenvalue weighted by atomic mass is 10.1. The summed E-state index contributed by atoms with van der Waals surface area (Å²) in [5.74, 6) is 0.361. The lowest BCUT2D eigenvalue weighted by Gasteiger charge is -2.19. The zero-order valence-corrected chi connectivity index (χ0v) is 10.9. The van der Waals surface area contributed by atoms with Crippen molar-refractivity contribution in [1.82, 2.24) is 0 Å². The van der Waals surface area contributed by atoms with E-state index >= 15 is 0 Å². The molecule has 1 fully saturated rings. The van der Waals surface area contributed by atoms with Crippen LogP contribution in [0.5, 0.6) is 0 Å². The number of nitrogens with zero attached hydrogens (tertiary/aromatic N) is 1. The van der Waals surface area contributed by atoms with E-state index in [1.807, 2.05) is 32.1 Å². The molecule has 1 unspecified atom stereocenters. The molecule has 90 valence electrons. The molecule has 1 heterocycles. The molecule has 2 nitrogen and oxygen atoms in total. The Kier molecular flexibility index (Phi) is 3.25. The molecule has 2 rings (SSSR count). The molecule has 1 aliphatic rings. The Morgan fingerprint density at radius 3 is 2.65 bits per heavy atom. The van der Waals surface area contributed by atoms with Gasteiger partial charge < -0.3 is 4.90 Å². The van der Waals surface area contributed by atoms with Crippen LogP contribution >= 0.6 is 11.6 Å². The van der Waals surface area contributed by atoms with Crippen LogP contribution in [0.1, 0.15) is 17.5 Å². The van der Waals surface area contributed by atoms with Gasteiger partial charge in [-0.3, -0.25) is 4.79 Å². The van der Waals surface area contributed by atoms with E-state index in [1.165, 1.54) is 0 Å². The number of halogens is 1.